The zero-order valence-corrected chi connectivity index (χ0v) is 19.0. The lowest BCUT2D eigenvalue weighted by Gasteiger charge is -2.35. The van der Waals surface area contributed by atoms with Gasteiger partial charge < -0.3 is 14.4 Å². The third-order valence-electron chi connectivity index (χ3n) is 5.90. The summed E-state index contributed by atoms with van der Waals surface area (Å²) in [7, 11) is -1.02. The van der Waals surface area contributed by atoms with E-state index in [2.05, 4.69) is 0 Å². The van der Waals surface area contributed by atoms with Crippen LogP contribution in [0.5, 0.6) is 11.5 Å². The van der Waals surface area contributed by atoms with Gasteiger partial charge in [-0.25, -0.2) is 8.42 Å². The van der Waals surface area contributed by atoms with Gasteiger partial charge in [0.25, 0.3) is 15.9 Å². The van der Waals surface area contributed by atoms with Gasteiger partial charge in [-0.2, -0.15) is 0 Å². The number of sulfonamides is 1. The topological polar surface area (TPSA) is 76.2 Å². The molecule has 0 radical (unpaired) electrons. The van der Waals surface area contributed by atoms with Crippen molar-refractivity contribution in [3.8, 4) is 11.5 Å². The highest BCUT2D eigenvalue weighted by molar-refractivity contribution is 7.97. The first-order valence-corrected chi connectivity index (χ1v) is 11.7. The fourth-order valence-corrected chi connectivity index (χ4v) is 6.21. The van der Waals surface area contributed by atoms with E-state index in [0.29, 0.717) is 34.9 Å². The molecule has 2 aromatic carbocycles. The maximum atomic E-state index is 13.7. The van der Waals surface area contributed by atoms with E-state index in [-0.39, 0.29) is 11.4 Å². The molecule has 31 heavy (non-hydrogen) atoms. The molecule has 0 unspecified atom stereocenters. The van der Waals surface area contributed by atoms with Gasteiger partial charge in [-0.1, -0.05) is 18.2 Å². The second-order valence-corrected chi connectivity index (χ2v) is 9.34. The Bertz CT molecular complexity index is 1190. The minimum absolute atomic E-state index is 0.186. The van der Waals surface area contributed by atoms with Gasteiger partial charge in [0.2, 0.25) is 0 Å². The normalized spacial score (nSPS) is 17.2. The highest BCUT2D eigenvalue weighted by atomic mass is 32.2. The van der Waals surface area contributed by atoms with Crippen molar-refractivity contribution in [1.82, 2.24) is 0 Å². The molecule has 7 nitrogen and oxygen atoms in total. The third kappa shape index (κ3) is 3.26. The van der Waals surface area contributed by atoms with Gasteiger partial charge in [0, 0.05) is 30.4 Å². The summed E-state index contributed by atoms with van der Waals surface area (Å²) in [5.41, 5.74) is 3.35. The van der Waals surface area contributed by atoms with Gasteiger partial charge >= 0.3 is 0 Å². The summed E-state index contributed by atoms with van der Waals surface area (Å²) in [4.78, 5) is 15.1. The van der Waals surface area contributed by atoms with Crippen LogP contribution in [0.4, 0.5) is 11.4 Å². The lowest BCUT2D eigenvalue weighted by Crippen LogP contribution is -2.44. The quantitative estimate of drug-likeness (QED) is 0.723. The molecule has 8 heteroatoms. The number of hydrogen-bond donors (Lipinski definition) is 0. The highest BCUT2D eigenvalue weighted by Gasteiger charge is 2.42. The van der Waals surface area contributed by atoms with Crippen LogP contribution in [0.3, 0.4) is 0 Å². The van der Waals surface area contributed by atoms with Crippen LogP contribution in [0.15, 0.2) is 41.3 Å². The van der Waals surface area contributed by atoms with Gasteiger partial charge in [-0.15, -0.1) is 0 Å². The first-order valence-electron chi connectivity index (χ1n) is 10.2. The van der Waals surface area contributed by atoms with Gasteiger partial charge in [0.05, 0.1) is 19.9 Å². The molecule has 0 saturated carbocycles. The number of rotatable bonds is 4. The Kier molecular flexibility index (Phi) is 5.43. The fourth-order valence-electron chi connectivity index (χ4n) is 4.41. The van der Waals surface area contributed by atoms with E-state index >= 15 is 0 Å². The molecule has 0 aromatic heterocycles. The predicted octanol–water partition coefficient (Wildman–Crippen LogP) is 3.58. The Morgan fingerprint density at radius 3 is 2.42 bits per heavy atom. The first kappa shape index (κ1) is 21.2. The summed E-state index contributed by atoms with van der Waals surface area (Å²) in [5.74, 6) is 0.414. The van der Waals surface area contributed by atoms with Crippen LogP contribution < -0.4 is 18.7 Å². The number of benzene rings is 2. The maximum Gasteiger partial charge on any atom is 0.272 e. The third-order valence-corrected chi connectivity index (χ3v) is 7.93. The fraction of sp³-hybridized carbons (Fsp3) is 0.348. The molecule has 0 spiro atoms. The van der Waals surface area contributed by atoms with E-state index in [1.165, 1.54) is 18.5 Å². The number of para-hydroxylation sites is 1. The van der Waals surface area contributed by atoms with Crippen molar-refractivity contribution >= 4 is 32.9 Å². The number of carbonyl (C=O) groups excluding carboxylic acids is 1. The van der Waals surface area contributed by atoms with Crippen LogP contribution in [-0.2, 0) is 21.2 Å². The van der Waals surface area contributed by atoms with Crippen molar-refractivity contribution < 1.29 is 22.7 Å². The molecule has 164 valence electrons. The maximum absolute atomic E-state index is 13.7. The monoisotopic (exact) mass is 442 g/mol. The van der Waals surface area contributed by atoms with E-state index in [9.17, 15) is 13.2 Å². The number of amides is 1. The van der Waals surface area contributed by atoms with Crippen molar-refractivity contribution in [2.24, 2.45) is 0 Å². The number of methoxy groups -OCH3 is 2. The molecule has 2 aromatic rings. The lowest BCUT2D eigenvalue weighted by atomic mass is 10.00. The number of anilines is 2. The summed E-state index contributed by atoms with van der Waals surface area (Å²) in [6, 6.07) is 11.0. The van der Waals surface area contributed by atoms with Gasteiger partial charge in [0.1, 0.15) is 0 Å². The molecular weight excluding hydrogens is 416 g/mol. The average molecular weight is 443 g/mol. The largest absolute Gasteiger partial charge is 0.493 e. The van der Waals surface area contributed by atoms with Crippen LogP contribution in [0.1, 0.15) is 31.4 Å². The van der Waals surface area contributed by atoms with Crippen molar-refractivity contribution in [3.05, 3.63) is 52.4 Å². The Labute approximate surface area is 182 Å². The molecule has 2 aliphatic heterocycles. The number of nitrogens with zero attached hydrogens (tertiary/aromatic N) is 2. The number of allylic oxidation sites excluding steroid dienone is 1. The van der Waals surface area contributed by atoms with E-state index in [1.807, 2.05) is 24.3 Å². The van der Waals surface area contributed by atoms with Crippen molar-refractivity contribution in [2.75, 3.05) is 36.5 Å². The lowest BCUT2D eigenvalue weighted by molar-refractivity contribution is -0.114. The minimum atomic E-state index is -4.05. The zero-order chi connectivity index (χ0) is 22.3. The number of hydrogen-bond acceptors (Lipinski definition) is 5. The van der Waals surface area contributed by atoms with Gasteiger partial charge in [-0.05, 0) is 50.0 Å². The number of ether oxygens (including phenoxy) is 2. The Morgan fingerprint density at radius 2 is 1.74 bits per heavy atom. The second-order valence-electron chi connectivity index (χ2n) is 7.54. The molecule has 2 aliphatic rings. The molecule has 0 aliphatic carbocycles. The van der Waals surface area contributed by atoms with E-state index < -0.39 is 15.9 Å². The summed E-state index contributed by atoms with van der Waals surface area (Å²) in [6.07, 6.45) is 1.65. The van der Waals surface area contributed by atoms with Gasteiger partial charge in [-0.3, -0.25) is 9.10 Å². The number of aryl methyl sites for hydroxylation is 1. The van der Waals surface area contributed by atoms with Crippen LogP contribution in [0.25, 0.3) is 5.57 Å². The minimum Gasteiger partial charge on any atom is -0.493 e. The molecule has 4 rings (SSSR count). The number of carbonyl (C=O) groups is 1. The van der Waals surface area contributed by atoms with Gasteiger partial charge in [0.15, 0.2) is 16.4 Å². The molecule has 2 heterocycles. The molecular formula is C23H26N2O5S. The highest BCUT2D eigenvalue weighted by Crippen LogP contribution is 2.45. The summed E-state index contributed by atoms with van der Waals surface area (Å²) >= 11 is 0. The average Bonchev–Trinajstić information content (AvgIpc) is 2.77. The van der Waals surface area contributed by atoms with Crippen LogP contribution in [-0.4, -0.2) is 41.6 Å². The van der Waals surface area contributed by atoms with E-state index in [0.717, 1.165) is 24.1 Å². The van der Waals surface area contributed by atoms with E-state index in [4.69, 9.17) is 9.47 Å². The van der Waals surface area contributed by atoms with Crippen molar-refractivity contribution in [3.63, 3.8) is 0 Å². The Hall–Kier alpha value is -3.00. The Balaban J connectivity index is 1.93. The SMILES string of the molecule is CCN1c2cc(OC)c(OC)cc2C(C)=C(C(=O)N2CCCc3ccccc32)S1(=O)=O. The second kappa shape index (κ2) is 7.92. The molecule has 1 amide bonds. The van der Waals surface area contributed by atoms with Crippen LogP contribution in [0.2, 0.25) is 0 Å². The van der Waals surface area contributed by atoms with E-state index in [1.54, 1.807) is 30.9 Å². The zero-order valence-electron chi connectivity index (χ0n) is 18.1. The molecule has 0 bridgehead atoms. The Morgan fingerprint density at radius 1 is 1.06 bits per heavy atom. The predicted molar refractivity (Wildman–Crippen MR) is 121 cm³/mol. The van der Waals surface area contributed by atoms with Crippen molar-refractivity contribution in [1.29, 1.82) is 0 Å². The van der Waals surface area contributed by atoms with Crippen molar-refractivity contribution in [2.45, 2.75) is 26.7 Å². The molecule has 0 atom stereocenters. The smallest absolute Gasteiger partial charge is 0.272 e. The summed E-state index contributed by atoms with van der Waals surface area (Å²) in [5, 5.41) is 0. The molecule has 0 saturated heterocycles. The summed E-state index contributed by atoms with van der Waals surface area (Å²) in [6.45, 7) is 4.09. The molecule has 0 N–H and O–H groups in total. The summed E-state index contributed by atoms with van der Waals surface area (Å²) < 4.78 is 39.3. The van der Waals surface area contributed by atoms with Crippen LogP contribution >= 0.6 is 0 Å². The van der Waals surface area contributed by atoms with Crippen LogP contribution in [0, 0.1) is 0 Å². The molecule has 0 fully saturated rings. The first-order chi connectivity index (χ1) is 14.8. The standard InChI is InChI=1S/C23H26N2O5S/c1-5-25-19-14-21(30-4)20(29-3)13-17(19)15(2)22(31(25,27)28)23(26)24-12-8-10-16-9-6-7-11-18(16)24/h6-7,9,11,13-14H,5,8,10,12H2,1-4H3. The number of fused-ring (bicyclic) bond motifs is 2.